The molecular formula is C21H19ClN4O2. The predicted molar refractivity (Wildman–Crippen MR) is 108 cm³/mol. The first-order chi connectivity index (χ1) is 13.7. The van der Waals surface area contributed by atoms with E-state index in [1.165, 1.54) is 0 Å². The van der Waals surface area contributed by atoms with E-state index in [1.807, 2.05) is 54.0 Å². The third-order valence-corrected chi connectivity index (χ3v) is 4.84. The summed E-state index contributed by atoms with van der Waals surface area (Å²) in [4.78, 5) is 15.3. The Morgan fingerprint density at radius 1 is 1.18 bits per heavy atom. The summed E-state index contributed by atoms with van der Waals surface area (Å²) in [5, 5.41) is 9.15. The highest BCUT2D eigenvalue weighted by atomic mass is 35.5. The predicted octanol–water partition coefficient (Wildman–Crippen LogP) is 3.94. The summed E-state index contributed by atoms with van der Waals surface area (Å²) in [5.41, 5.74) is 3.73. The van der Waals surface area contributed by atoms with Crippen LogP contribution in [-0.4, -0.2) is 33.4 Å². The molecule has 4 rings (SSSR count). The van der Waals surface area contributed by atoms with Crippen LogP contribution in [0.2, 0.25) is 5.02 Å². The zero-order valence-electron chi connectivity index (χ0n) is 15.4. The number of aromatic nitrogens is 3. The van der Waals surface area contributed by atoms with Gasteiger partial charge in [-0.2, -0.15) is 0 Å². The van der Waals surface area contributed by atoms with Gasteiger partial charge < -0.3 is 9.53 Å². The van der Waals surface area contributed by atoms with E-state index in [4.69, 9.17) is 21.3 Å². The minimum absolute atomic E-state index is 0.434. The number of carbonyl (C=O) groups is 1. The monoisotopic (exact) mass is 394 g/mol. The van der Waals surface area contributed by atoms with Gasteiger partial charge in [0.25, 0.3) is 0 Å². The number of benzene rings is 2. The molecule has 6 nitrogen and oxygen atoms in total. The Morgan fingerprint density at radius 3 is 2.79 bits per heavy atom. The van der Waals surface area contributed by atoms with Crippen LogP contribution in [-0.2, 0) is 11.3 Å². The van der Waals surface area contributed by atoms with Crippen molar-refractivity contribution in [2.24, 2.45) is 4.99 Å². The lowest BCUT2D eigenvalue weighted by Crippen LogP contribution is -2.09. The highest BCUT2D eigenvalue weighted by Crippen LogP contribution is 2.29. The number of rotatable bonds is 6. The van der Waals surface area contributed by atoms with Gasteiger partial charge in [-0.25, -0.2) is 0 Å². The maximum Gasteiger partial charge on any atom is 0.159 e. The fourth-order valence-electron chi connectivity index (χ4n) is 3.26. The zero-order chi connectivity index (χ0) is 19.5. The van der Waals surface area contributed by atoms with Gasteiger partial charge in [0.15, 0.2) is 5.82 Å². The molecule has 0 spiro atoms. The van der Waals surface area contributed by atoms with Gasteiger partial charge in [-0.15, -0.1) is 10.2 Å². The van der Waals surface area contributed by atoms with E-state index in [0.29, 0.717) is 31.0 Å². The van der Waals surface area contributed by atoms with Crippen LogP contribution in [0.3, 0.4) is 0 Å². The number of aryl methyl sites for hydroxylation is 1. The van der Waals surface area contributed by atoms with Crippen molar-refractivity contribution in [3.05, 3.63) is 70.3 Å². The van der Waals surface area contributed by atoms with Crippen molar-refractivity contribution in [1.29, 1.82) is 0 Å². The van der Waals surface area contributed by atoms with Crippen LogP contribution in [0.1, 0.15) is 35.6 Å². The molecule has 0 amide bonds. The van der Waals surface area contributed by atoms with Crippen LogP contribution in [0.4, 0.5) is 0 Å². The van der Waals surface area contributed by atoms with Gasteiger partial charge in [0.2, 0.25) is 0 Å². The Hall–Kier alpha value is -2.99. The molecule has 0 fully saturated rings. The first-order valence-corrected chi connectivity index (χ1v) is 9.47. The molecule has 0 atom stereocenters. The second kappa shape index (κ2) is 7.94. The zero-order valence-corrected chi connectivity index (χ0v) is 16.2. The Bertz CT molecular complexity index is 1040. The molecule has 7 heteroatoms. The lowest BCUT2D eigenvalue weighted by Gasteiger charge is -2.15. The van der Waals surface area contributed by atoms with Crippen LogP contribution in [0, 0.1) is 6.92 Å². The van der Waals surface area contributed by atoms with E-state index in [-0.39, 0.29) is 0 Å². The third kappa shape index (κ3) is 3.55. The van der Waals surface area contributed by atoms with Gasteiger partial charge in [0, 0.05) is 22.6 Å². The molecule has 3 aromatic rings. The SMILES string of the molecule is Cc1nnc2n1-c1ccc(OCCCC=O)cc1C(c1ccc(Cl)cc1)=NC2. The number of fused-ring (bicyclic) bond motifs is 3. The molecule has 2 heterocycles. The highest BCUT2D eigenvalue weighted by Gasteiger charge is 2.22. The van der Waals surface area contributed by atoms with Gasteiger partial charge in [0.05, 0.1) is 18.0 Å². The average Bonchev–Trinajstić information content (AvgIpc) is 2.98. The summed E-state index contributed by atoms with van der Waals surface area (Å²) >= 11 is 6.06. The van der Waals surface area contributed by atoms with Crippen LogP contribution in [0.15, 0.2) is 47.5 Å². The van der Waals surface area contributed by atoms with E-state index in [9.17, 15) is 4.79 Å². The summed E-state index contributed by atoms with van der Waals surface area (Å²) in [6.07, 6.45) is 2.08. The maximum absolute atomic E-state index is 10.5. The summed E-state index contributed by atoms with van der Waals surface area (Å²) in [6.45, 7) is 2.85. The number of nitrogens with zero attached hydrogens (tertiary/aromatic N) is 4. The topological polar surface area (TPSA) is 69.4 Å². The largest absolute Gasteiger partial charge is 0.494 e. The third-order valence-electron chi connectivity index (χ3n) is 4.59. The van der Waals surface area contributed by atoms with Gasteiger partial charge in [-0.1, -0.05) is 23.7 Å². The number of unbranched alkanes of at least 4 members (excludes halogenated alkanes) is 1. The summed E-state index contributed by atoms with van der Waals surface area (Å²) in [6, 6.07) is 13.5. The summed E-state index contributed by atoms with van der Waals surface area (Å²) in [7, 11) is 0. The van der Waals surface area contributed by atoms with Gasteiger partial charge in [-0.05, 0) is 43.7 Å². The summed E-state index contributed by atoms with van der Waals surface area (Å²) < 4.78 is 7.87. The first-order valence-electron chi connectivity index (χ1n) is 9.10. The van der Waals surface area contributed by atoms with Crippen molar-refractivity contribution in [2.75, 3.05) is 6.61 Å². The van der Waals surface area contributed by atoms with Gasteiger partial charge in [-0.3, -0.25) is 9.56 Å². The van der Waals surface area contributed by atoms with E-state index in [1.54, 1.807) is 0 Å². The minimum atomic E-state index is 0.434. The molecule has 0 N–H and O–H groups in total. The summed E-state index contributed by atoms with van der Waals surface area (Å²) in [5.74, 6) is 2.34. The van der Waals surface area contributed by atoms with Crippen molar-refractivity contribution in [3.8, 4) is 11.4 Å². The van der Waals surface area contributed by atoms with Crippen molar-refractivity contribution in [1.82, 2.24) is 14.8 Å². The smallest absolute Gasteiger partial charge is 0.159 e. The Kier molecular flexibility index (Phi) is 5.21. The minimum Gasteiger partial charge on any atom is -0.494 e. The first kappa shape index (κ1) is 18.4. The molecule has 2 aromatic carbocycles. The maximum atomic E-state index is 10.5. The van der Waals surface area contributed by atoms with Crippen LogP contribution in [0.25, 0.3) is 5.69 Å². The lowest BCUT2D eigenvalue weighted by molar-refractivity contribution is -0.108. The van der Waals surface area contributed by atoms with Crippen molar-refractivity contribution >= 4 is 23.6 Å². The average molecular weight is 395 g/mol. The van der Waals surface area contributed by atoms with Gasteiger partial charge >= 0.3 is 0 Å². The fourth-order valence-corrected chi connectivity index (χ4v) is 3.38. The Morgan fingerprint density at radius 2 is 2.00 bits per heavy atom. The highest BCUT2D eigenvalue weighted by molar-refractivity contribution is 6.30. The van der Waals surface area contributed by atoms with Crippen molar-refractivity contribution in [2.45, 2.75) is 26.3 Å². The molecular weight excluding hydrogens is 376 g/mol. The number of hydrogen-bond acceptors (Lipinski definition) is 5. The molecule has 28 heavy (non-hydrogen) atoms. The number of aldehydes is 1. The second-order valence-corrected chi connectivity index (χ2v) is 6.94. The Labute approximate surface area is 167 Å². The quantitative estimate of drug-likeness (QED) is 0.469. The molecule has 0 radical (unpaired) electrons. The molecule has 1 aliphatic rings. The molecule has 0 aliphatic carbocycles. The standard InChI is InChI=1S/C21H19ClN4O2/c1-14-24-25-20-13-23-21(15-4-6-16(22)7-5-15)18-12-17(28-11-3-2-10-27)8-9-19(18)26(14)20/h4-10,12H,2-3,11,13H2,1H3. The Balaban J connectivity index is 1.79. The molecule has 0 unspecified atom stereocenters. The number of hydrogen-bond donors (Lipinski definition) is 0. The number of aliphatic imine (C=N–C) groups is 1. The van der Waals surface area contributed by atoms with E-state index >= 15 is 0 Å². The number of ether oxygens (including phenoxy) is 1. The lowest BCUT2D eigenvalue weighted by atomic mass is 10.00. The molecule has 1 aliphatic heterocycles. The number of carbonyl (C=O) groups excluding carboxylic acids is 1. The molecule has 142 valence electrons. The fraction of sp³-hybridized carbons (Fsp3) is 0.238. The van der Waals surface area contributed by atoms with Crippen molar-refractivity contribution < 1.29 is 9.53 Å². The second-order valence-electron chi connectivity index (χ2n) is 6.51. The van der Waals surface area contributed by atoms with E-state index < -0.39 is 0 Å². The molecule has 1 aromatic heterocycles. The van der Waals surface area contributed by atoms with Crippen LogP contribution >= 0.6 is 11.6 Å². The van der Waals surface area contributed by atoms with Gasteiger partial charge in [0.1, 0.15) is 24.4 Å². The van der Waals surface area contributed by atoms with Crippen LogP contribution in [0.5, 0.6) is 5.75 Å². The molecule has 0 saturated heterocycles. The van der Waals surface area contributed by atoms with E-state index in [2.05, 4.69) is 10.2 Å². The van der Waals surface area contributed by atoms with Crippen LogP contribution < -0.4 is 4.74 Å². The number of halogens is 1. The molecule has 0 bridgehead atoms. The normalized spacial score (nSPS) is 12.6. The molecule has 0 saturated carbocycles. The van der Waals surface area contributed by atoms with Crippen molar-refractivity contribution in [3.63, 3.8) is 0 Å². The van der Waals surface area contributed by atoms with E-state index in [0.717, 1.165) is 46.2 Å².